The van der Waals surface area contributed by atoms with Crippen molar-refractivity contribution in [2.24, 2.45) is 5.92 Å². The molecule has 0 aliphatic heterocycles. The van der Waals surface area contributed by atoms with Gasteiger partial charge in [-0.05, 0) is 48.4 Å². The topological polar surface area (TPSA) is 46.5 Å². The van der Waals surface area contributed by atoms with Crippen LogP contribution in [-0.4, -0.2) is 17.7 Å². The SMILES string of the molecule is O=C(O)c1ccc2c(OCC3CCCCC3)cccc2c1. The van der Waals surface area contributed by atoms with Crippen LogP contribution in [-0.2, 0) is 0 Å². The molecule has 0 heterocycles. The molecule has 1 saturated carbocycles. The van der Waals surface area contributed by atoms with E-state index in [1.54, 1.807) is 12.1 Å². The fourth-order valence-corrected chi connectivity index (χ4v) is 3.07. The predicted octanol–water partition coefficient (Wildman–Crippen LogP) is 4.50. The van der Waals surface area contributed by atoms with Crippen LogP contribution in [0.15, 0.2) is 36.4 Å². The van der Waals surface area contributed by atoms with E-state index in [4.69, 9.17) is 9.84 Å². The molecule has 1 aliphatic carbocycles. The molecule has 21 heavy (non-hydrogen) atoms. The second-order valence-electron chi connectivity index (χ2n) is 5.81. The normalized spacial score (nSPS) is 16.0. The van der Waals surface area contributed by atoms with E-state index in [0.29, 0.717) is 11.5 Å². The van der Waals surface area contributed by atoms with Gasteiger partial charge in [-0.3, -0.25) is 0 Å². The van der Waals surface area contributed by atoms with Gasteiger partial charge in [0.2, 0.25) is 0 Å². The van der Waals surface area contributed by atoms with E-state index in [2.05, 4.69) is 0 Å². The molecule has 3 heteroatoms. The first-order valence-electron chi connectivity index (χ1n) is 7.63. The number of carbonyl (C=O) groups is 1. The maximum absolute atomic E-state index is 11.0. The molecule has 0 radical (unpaired) electrons. The third kappa shape index (κ3) is 3.18. The summed E-state index contributed by atoms with van der Waals surface area (Å²) in [5.41, 5.74) is 0.312. The van der Waals surface area contributed by atoms with Gasteiger partial charge in [0.15, 0.2) is 0 Å². The zero-order chi connectivity index (χ0) is 14.7. The van der Waals surface area contributed by atoms with Gasteiger partial charge in [0.05, 0.1) is 12.2 Å². The molecule has 1 aliphatic rings. The minimum absolute atomic E-state index is 0.312. The van der Waals surface area contributed by atoms with Gasteiger partial charge in [0, 0.05) is 5.39 Å². The van der Waals surface area contributed by atoms with Crippen molar-refractivity contribution in [2.45, 2.75) is 32.1 Å². The van der Waals surface area contributed by atoms with Gasteiger partial charge in [-0.1, -0.05) is 31.4 Å². The molecule has 1 N–H and O–H groups in total. The van der Waals surface area contributed by atoms with E-state index in [9.17, 15) is 4.79 Å². The van der Waals surface area contributed by atoms with Crippen LogP contribution >= 0.6 is 0 Å². The predicted molar refractivity (Wildman–Crippen MR) is 83.0 cm³/mol. The third-order valence-electron chi connectivity index (χ3n) is 4.29. The van der Waals surface area contributed by atoms with Gasteiger partial charge in [0.1, 0.15) is 5.75 Å². The van der Waals surface area contributed by atoms with E-state index in [1.807, 2.05) is 24.3 Å². The van der Waals surface area contributed by atoms with Crippen LogP contribution in [0.3, 0.4) is 0 Å². The molecule has 0 aromatic heterocycles. The maximum Gasteiger partial charge on any atom is 0.335 e. The second-order valence-corrected chi connectivity index (χ2v) is 5.81. The Bertz CT molecular complexity index is 642. The second kappa shape index (κ2) is 6.17. The minimum atomic E-state index is -0.898. The molecule has 110 valence electrons. The smallest absolute Gasteiger partial charge is 0.335 e. The quantitative estimate of drug-likeness (QED) is 0.899. The van der Waals surface area contributed by atoms with Gasteiger partial charge in [-0.25, -0.2) is 4.79 Å². The Balaban J connectivity index is 1.80. The summed E-state index contributed by atoms with van der Waals surface area (Å²) in [6, 6.07) is 11.0. The maximum atomic E-state index is 11.0. The Hall–Kier alpha value is -2.03. The van der Waals surface area contributed by atoms with Crippen molar-refractivity contribution in [3.05, 3.63) is 42.0 Å². The van der Waals surface area contributed by atoms with Crippen molar-refractivity contribution in [3.8, 4) is 5.75 Å². The molecule has 0 saturated heterocycles. The van der Waals surface area contributed by atoms with Gasteiger partial charge < -0.3 is 9.84 Å². The first kappa shape index (κ1) is 13.9. The molecule has 2 aromatic rings. The molecule has 0 bridgehead atoms. The summed E-state index contributed by atoms with van der Waals surface area (Å²) in [6.07, 6.45) is 6.49. The van der Waals surface area contributed by atoms with Crippen LogP contribution < -0.4 is 4.74 Å². The largest absolute Gasteiger partial charge is 0.493 e. The minimum Gasteiger partial charge on any atom is -0.493 e. The van der Waals surface area contributed by atoms with E-state index < -0.39 is 5.97 Å². The number of carboxylic acids is 1. The Morgan fingerprint density at radius 2 is 1.95 bits per heavy atom. The van der Waals surface area contributed by atoms with Crippen molar-refractivity contribution < 1.29 is 14.6 Å². The van der Waals surface area contributed by atoms with E-state index in [-0.39, 0.29) is 0 Å². The summed E-state index contributed by atoms with van der Waals surface area (Å²) >= 11 is 0. The Labute approximate surface area is 124 Å². The van der Waals surface area contributed by atoms with Crippen molar-refractivity contribution in [3.63, 3.8) is 0 Å². The highest BCUT2D eigenvalue weighted by Crippen LogP contribution is 2.29. The molecule has 0 amide bonds. The molecule has 1 fully saturated rings. The molecular weight excluding hydrogens is 264 g/mol. The lowest BCUT2D eigenvalue weighted by Gasteiger charge is -2.22. The van der Waals surface area contributed by atoms with Crippen molar-refractivity contribution in [1.29, 1.82) is 0 Å². The van der Waals surface area contributed by atoms with Crippen LogP contribution in [0.5, 0.6) is 5.75 Å². The lowest BCUT2D eigenvalue weighted by atomic mass is 9.90. The van der Waals surface area contributed by atoms with Gasteiger partial charge in [0.25, 0.3) is 0 Å². The average molecular weight is 284 g/mol. The lowest BCUT2D eigenvalue weighted by Crippen LogP contribution is -2.15. The molecule has 0 spiro atoms. The first-order valence-corrected chi connectivity index (χ1v) is 7.63. The van der Waals surface area contributed by atoms with E-state index >= 15 is 0 Å². The van der Waals surface area contributed by atoms with E-state index in [1.165, 1.54) is 32.1 Å². The summed E-state index contributed by atoms with van der Waals surface area (Å²) < 4.78 is 6.01. The fraction of sp³-hybridized carbons (Fsp3) is 0.389. The first-order chi connectivity index (χ1) is 10.2. The molecule has 3 rings (SSSR count). The number of aromatic carboxylic acids is 1. The third-order valence-corrected chi connectivity index (χ3v) is 4.29. The molecular formula is C18H20O3. The number of hydrogen-bond donors (Lipinski definition) is 1. The average Bonchev–Trinajstić information content (AvgIpc) is 2.53. The molecule has 3 nitrogen and oxygen atoms in total. The summed E-state index contributed by atoms with van der Waals surface area (Å²) in [4.78, 5) is 11.0. The number of benzene rings is 2. The highest BCUT2D eigenvalue weighted by atomic mass is 16.5. The van der Waals surface area contributed by atoms with Crippen molar-refractivity contribution >= 4 is 16.7 Å². The molecule has 2 aromatic carbocycles. The van der Waals surface area contributed by atoms with Crippen molar-refractivity contribution in [2.75, 3.05) is 6.61 Å². The zero-order valence-electron chi connectivity index (χ0n) is 12.0. The van der Waals surface area contributed by atoms with Crippen LogP contribution in [0, 0.1) is 5.92 Å². The molecule has 0 atom stereocenters. The Kier molecular flexibility index (Phi) is 4.09. The number of rotatable bonds is 4. The number of carboxylic acid groups (broad SMARTS) is 1. The Morgan fingerprint density at radius 1 is 1.14 bits per heavy atom. The number of ether oxygens (including phenoxy) is 1. The van der Waals surface area contributed by atoms with Crippen LogP contribution in [0.2, 0.25) is 0 Å². The molecule has 0 unspecified atom stereocenters. The van der Waals surface area contributed by atoms with Crippen molar-refractivity contribution in [1.82, 2.24) is 0 Å². The zero-order valence-corrected chi connectivity index (χ0v) is 12.0. The van der Waals surface area contributed by atoms with Gasteiger partial charge in [-0.2, -0.15) is 0 Å². The summed E-state index contributed by atoms with van der Waals surface area (Å²) in [6.45, 7) is 0.764. The van der Waals surface area contributed by atoms with Gasteiger partial charge >= 0.3 is 5.97 Å². The standard InChI is InChI=1S/C18H20O3/c19-18(20)15-9-10-16-14(11-15)7-4-8-17(16)21-12-13-5-2-1-3-6-13/h4,7-11,13H,1-3,5-6,12H2,(H,19,20). The van der Waals surface area contributed by atoms with Crippen LogP contribution in [0.4, 0.5) is 0 Å². The summed E-state index contributed by atoms with van der Waals surface area (Å²) in [5.74, 6) is 0.618. The highest BCUT2D eigenvalue weighted by molar-refractivity contribution is 5.96. The summed E-state index contributed by atoms with van der Waals surface area (Å²) in [7, 11) is 0. The van der Waals surface area contributed by atoms with Gasteiger partial charge in [-0.15, -0.1) is 0 Å². The monoisotopic (exact) mass is 284 g/mol. The van der Waals surface area contributed by atoms with Crippen LogP contribution in [0.25, 0.3) is 10.8 Å². The van der Waals surface area contributed by atoms with E-state index in [0.717, 1.165) is 23.1 Å². The fourth-order valence-electron chi connectivity index (χ4n) is 3.07. The highest BCUT2D eigenvalue weighted by Gasteiger charge is 2.14. The number of hydrogen-bond acceptors (Lipinski definition) is 2. The number of fused-ring (bicyclic) bond motifs is 1. The Morgan fingerprint density at radius 3 is 2.71 bits per heavy atom. The summed E-state index contributed by atoms with van der Waals surface area (Å²) in [5, 5.41) is 11.0. The van der Waals surface area contributed by atoms with Crippen LogP contribution in [0.1, 0.15) is 42.5 Å². The lowest BCUT2D eigenvalue weighted by molar-refractivity contribution is 0.0697.